The van der Waals surface area contributed by atoms with Crippen molar-refractivity contribution in [3.05, 3.63) is 29.3 Å². The summed E-state index contributed by atoms with van der Waals surface area (Å²) in [5.41, 5.74) is 0.737. The minimum absolute atomic E-state index is 0.00806. The minimum Gasteiger partial charge on any atom is -0.507 e. The lowest BCUT2D eigenvalue weighted by molar-refractivity contribution is 0.0693. The van der Waals surface area contributed by atoms with Crippen molar-refractivity contribution in [1.82, 2.24) is 0 Å². The molecule has 0 heterocycles. The largest absolute Gasteiger partial charge is 0.507 e. The maximum atomic E-state index is 10.7. The first-order chi connectivity index (χ1) is 6.56. The summed E-state index contributed by atoms with van der Waals surface area (Å²) >= 11 is 4.29. The van der Waals surface area contributed by atoms with Gasteiger partial charge < -0.3 is 10.2 Å². The number of hydrogen-bond donors (Lipinski definition) is 3. The summed E-state index contributed by atoms with van der Waals surface area (Å²) in [5, 5.41) is 18.0. The molecule has 0 radical (unpaired) electrons. The van der Waals surface area contributed by atoms with Crippen molar-refractivity contribution >= 4 is 18.6 Å². The number of aromatic carboxylic acids is 1. The molecule has 4 heteroatoms. The van der Waals surface area contributed by atoms with Gasteiger partial charge in [0.05, 0.1) is 0 Å². The second-order valence-corrected chi connectivity index (χ2v) is 3.63. The Bertz CT molecular complexity index is 349. The van der Waals surface area contributed by atoms with E-state index in [0.29, 0.717) is 0 Å². The minimum atomic E-state index is -1.12. The van der Waals surface area contributed by atoms with Crippen molar-refractivity contribution in [3.8, 4) is 5.75 Å². The Morgan fingerprint density at radius 3 is 2.71 bits per heavy atom. The Kier molecular flexibility index (Phi) is 3.41. The highest BCUT2D eigenvalue weighted by molar-refractivity contribution is 7.80. The van der Waals surface area contributed by atoms with E-state index in [1.165, 1.54) is 12.1 Å². The summed E-state index contributed by atoms with van der Waals surface area (Å²) in [6.45, 7) is 1.96. The average molecular weight is 212 g/mol. The maximum absolute atomic E-state index is 10.7. The van der Waals surface area contributed by atoms with Gasteiger partial charge in [0.2, 0.25) is 0 Å². The summed E-state index contributed by atoms with van der Waals surface area (Å²) in [5.74, 6) is -1.33. The standard InChI is InChI=1S/C10H12O3S/c1-2-9(14)6-3-4-8(11)7(5-6)10(12)13/h3-5,9,11,14H,2H2,1H3,(H,12,13). The molecule has 0 aliphatic rings. The summed E-state index contributed by atoms with van der Waals surface area (Å²) in [6, 6.07) is 4.53. The molecule has 1 unspecified atom stereocenters. The zero-order valence-corrected chi connectivity index (χ0v) is 8.66. The van der Waals surface area contributed by atoms with E-state index < -0.39 is 5.97 Å². The van der Waals surface area contributed by atoms with Crippen LogP contribution in [0.5, 0.6) is 5.75 Å². The zero-order valence-electron chi connectivity index (χ0n) is 7.77. The van der Waals surface area contributed by atoms with Crippen molar-refractivity contribution in [2.24, 2.45) is 0 Å². The zero-order chi connectivity index (χ0) is 10.7. The first-order valence-corrected chi connectivity index (χ1v) is 4.82. The second-order valence-electron chi connectivity index (χ2n) is 3.01. The van der Waals surface area contributed by atoms with E-state index >= 15 is 0 Å². The molecule has 0 saturated carbocycles. The number of benzene rings is 1. The molecule has 0 aliphatic carbocycles. The first kappa shape index (κ1) is 10.9. The van der Waals surface area contributed by atoms with Crippen LogP contribution in [0.1, 0.15) is 34.5 Å². The van der Waals surface area contributed by atoms with Crippen LogP contribution in [-0.2, 0) is 0 Å². The fraction of sp³-hybridized carbons (Fsp3) is 0.300. The number of rotatable bonds is 3. The van der Waals surface area contributed by atoms with Gasteiger partial charge in [-0.05, 0) is 24.1 Å². The molecule has 0 aromatic heterocycles. The molecule has 2 N–H and O–H groups in total. The van der Waals surface area contributed by atoms with Gasteiger partial charge in [0.1, 0.15) is 11.3 Å². The van der Waals surface area contributed by atoms with Crippen molar-refractivity contribution in [2.45, 2.75) is 18.6 Å². The third kappa shape index (κ3) is 2.20. The third-order valence-corrected chi connectivity index (χ3v) is 2.69. The fourth-order valence-electron chi connectivity index (χ4n) is 1.17. The molecule has 0 amide bonds. The summed E-state index contributed by atoms with van der Waals surface area (Å²) in [7, 11) is 0. The van der Waals surface area contributed by atoms with Crippen LogP contribution in [0.15, 0.2) is 18.2 Å². The summed E-state index contributed by atoms with van der Waals surface area (Å²) in [6.07, 6.45) is 0.812. The molecule has 3 nitrogen and oxygen atoms in total. The van der Waals surface area contributed by atoms with Crippen LogP contribution in [0, 0.1) is 0 Å². The number of carboxylic acids is 1. The monoisotopic (exact) mass is 212 g/mol. The highest BCUT2D eigenvalue weighted by Crippen LogP contribution is 2.27. The van der Waals surface area contributed by atoms with E-state index in [2.05, 4.69) is 12.6 Å². The molecule has 1 aromatic rings. The Balaban J connectivity index is 3.12. The van der Waals surface area contributed by atoms with E-state index in [-0.39, 0.29) is 16.6 Å². The van der Waals surface area contributed by atoms with Crippen molar-refractivity contribution < 1.29 is 15.0 Å². The molecule has 76 valence electrons. The van der Waals surface area contributed by atoms with Crippen LogP contribution in [0.4, 0.5) is 0 Å². The number of phenols is 1. The van der Waals surface area contributed by atoms with Crippen molar-refractivity contribution in [3.63, 3.8) is 0 Å². The van der Waals surface area contributed by atoms with Crippen LogP contribution in [0.25, 0.3) is 0 Å². The van der Waals surface area contributed by atoms with Crippen LogP contribution in [0.2, 0.25) is 0 Å². The van der Waals surface area contributed by atoms with E-state index in [9.17, 15) is 9.90 Å². The topological polar surface area (TPSA) is 57.5 Å². The number of aromatic hydroxyl groups is 1. The third-order valence-electron chi connectivity index (χ3n) is 2.02. The van der Waals surface area contributed by atoms with Gasteiger partial charge in [-0.25, -0.2) is 4.79 Å². The molecular weight excluding hydrogens is 200 g/mol. The molecule has 1 aromatic carbocycles. The Morgan fingerprint density at radius 2 is 2.21 bits per heavy atom. The van der Waals surface area contributed by atoms with Gasteiger partial charge in [-0.3, -0.25) is 0 Å². The lowest BCUT2D eigenvalue weighted by Gasteiger charge is -2.09. The summed E-state index contributed by atoms with van der Waals surface area (Å²) < 4.78 is 0. The molecule has 0 fully saturated rings. The van der Waals surface area contributed by atoms with E-state index in [0.717, 1.165) is 12.0 Å². The molecule has 14 heavy (non-hydrogen) atoms. The number of thiol groups is 1. The Morgan fingerprint density at radius 1 is 1.57 bits per heavy atom. The molecule has 0 spiro atoms. The fourth-order valence-corrected chi connectivity index (χ4v) is 1.33. The van der Waals surface area contributed by atoms with Crippen LogP contribution >= 0.6 is 12.6 Å². The van der Waals surface area contributed by atoms with Gasteiger partial charge in [-0.2, -0.15) is 12.6 Å². The van der Waals surface area contributed by atoms with Crippen LogP contribution in [0.3, 0.4) is 0 Å². The maximum Gasteiger partial charge on any atom is 0.339 e. The number of carbonyl (C=O) groups is 1. The lowest BCUT2D eigenvalue weighted by atomic mass is 10.1. The smallest absolute Gasteiger partial charge is 0.339 e. The van der Waals surface area contributed by atoms with E-state index in [4.69, 9.17) is 5.11 Å². The Hall–Kier alpha value is -1.16. The van der Waals surface area contributed by atoms with Gasteiger partial charge in [0.25, 0.3) is 0 Å². The molecular formula is C10H12O3S. The Labute approximate surface area is 87.8 Å². The molecule has 1 atom stereocenters. The van der Waals surface area contributed by atoms with Gasteiger partial charge in [-0.15, -0.1) is 0 Å². The predicted octanol–water partition coefficient (Wildman–Crippen LogP) is 2.47. The van der Waals surface area contributed by atoms with Crippen molar-refractivity contribution in [1.29, 1.82) is 0 Å². The van der Waals surface area contributed by atoms with Gasteiger partial charge in [0.15, 0.2) is 0 Å². The normalized spacial score (nSPS) is 12.4. The van der Waals surface area contributed by atoms with Gasteiger partial charge >= 0.3 is 5.97 Å². The molecule has 1 rings (SSSR count). The second kappa shape index (κ2) is 4.37. The highest BCUT2D eigenvalue weighted by atomic mass is 32.1. The van der Waals surface area contributed by atoms with Gasteiger partial charge in [0, 0.05) is 5.25 Å². The van der Waals surface area contributed by atoms with E-state index in [1.54, 1.807) is 6.07 Å². The SMILES string of the molecule is CCC(S)c1ccc(O)c(C(=O)O)c1. The summed E-state index contributed by atoms with van der Waals surface area (Å²) in [4.78, 5) is 10.7. The number of hydrogen-bond acceptors (Lipinski definition) is 3. The van der Waals surface area contributed by atoms with Crippen LogP contribution < -0.4 is 0 Å². The highest BCUT2D eigenvalue weighted by Gasteiger charge is 2.12. The lowest BCUT2D eigenvalue weighted by Crippen LogP contribution is -1.99. The van der Waals surface area contributed by atoms with Gasteiger partial charge in [-0.1, -0.05) is 13.0 Å². The van der Waals surface area contributed by atoms with Crippen LogP contribution in [-0.4, -0.2) is 16.2 Å². The van der Waals surface area contributed by atoms with Crippen molar-refractivity contribution in [2.75, 3.05) is 0 Å². The predicted molar refractivity (Wildman–Crippen MR) is 57.1 cm³/mol. The molecule has 0 saturated heterocycles. The quantitative estimate of drug-likeness (QED) is 0.674. The first-order valence-electron chi connectivity index (χ1n) is 4.30. The average Bonchev–Trinajstić information content (AvgIpc) is 2.17. The number of carboxylic acid groups (broad SMARTS) is 1. The molecule has 0 aliphatic heterocycles. The molecule has 0 bridgehead atoms. The van der Waals surface area contributed by atoms with E-state index in [1.807, 2.05) is 6.92 Å².